The quantitative estimate of drug-likeness (QED) is 0.167. The van der Waals surface area contributed by atoms with E-state index >= 15 is 4.39 Å². The summed E-state index contributed by atoms with van der Waals surface area (Å²) in [6.07, 6.45) is -0.434. The summed E-state index contributed by atoms with van der Waals surface area (Å²) in [6.45, 7) is 2.18. The predicted octanol–water partition coefficient (Wildman–Crippen LogP) is 9.46. The predicted molar refractivity (Wildman–Crippen MR) is 131 cm³/mol. The van der Waals surface area contributed by atoms with E-state index in [4.69, 9.17) is 0 Å². The lowest BCUT2D eigenvalue weighted by Gasteiger charge is -2.12. The Labute approximate surface area is 206 Å². The standard InChI is InChI=1S/C30H26F6/c1-2-3-4-5-19-6-9-21(10-7-19)23-14-15-25-24(18-23)13-12-22(29(25)33)11-8-20-16-26(31)28(27(32)17-20)30(34,35)36/h6-7,9-10,12-18H,2-5,8,11H2,1H3. The first-order chi connectivity index (χ1) is 17.2. The molecule has 4 aromatic carbocycles. The molecule has 6 heteroatoms. The van der Waals surface area contributed by atoms with E-state index in [2.05, 4.69) is 31.2 Å². The molecule has 0 atom stereocenters. The minimum Gasteiger partial charge on any atom is -0.206 e. The van der Waals surface area contributed by atoms with Gasteiger partial charge in [0.25, 0.3) is 0 Å². The Morgan fingerprint density at radius 3 is 1.94 bits per heavy atom. The van der Waals surface area contributed by atoms with E-state index < -0.39 is 29.2 Å². The molecule has 0 nitrogen and oxygen atoms in total. The molecule has 0 aliphatic heterocycles. The van der Waals surface area contributed by atoms with Crippen molar-refractivity contribution in [3.63, 3.8) is 0 Å². The molecule has 0 heterocycles. The van der Waals surface area contributed by atoms with Gasteiger partial charge in [0.1, 0.15) is 23.0 Å². The summed E-state index contributed by atoms with van der Waals surface area (Å²) in [6, 6.07) is 18.5. The van der Waals surface area contributed by atoms with Gasteiger partial charge in [-0.05, 0) is 77.1 Å². The summed E-state index contributed by atoms with van der Waals surface area (Å²) in [5.41, 5.74) is 1.73. The molecule has 0 bridgehead atoms. The molecule has 4 rings (SSSR count). The third-order valence-electron chi connectivity index (χ3n) is 6.46. The van der Waals surface area contributed by atoms with E-state index in [1.807, 2.05) is 12.1 Å². The van der Waals surface area contributed by atoms with Crippen molar-refractivity contribution in [1.29, 1.82) is 0 Å². The van der Waals surface area contributed by atoms with Crippen LogP contribution in [0.4, 0.5) is 26.3 Å². The molecule has 0 amide bonds. The van der Waals surface area contributed by atoms with E-state index in [1.165, 1.54) is 18.4 Å². The van der Waals surface area contributed by atoms with Crippen LogP contribution in [0, 0.1) is 17.5 Å². The molecule has 36 heavy (non-hydrogen) atoms. The van der Waals surface area contributed by atoms with Crippen LogP contribution < -0.4 is 0 Å². The Kier molecular flexibility index (Phi) is 7.72. The summed E-state index contributed by atoms with van der Waals surface area (Å²) in [4.78, 5) is 0. The maximum Gasteiger partial charge on any atom is 0.422 e. The Hall–Kier alpha value is -3.28. The molecule has 0 N–H and O–H groups in total. The fraction of sp³-hybridized carbons (Fsp3) is 0.267. The number of rotatable bonds is 8. The number of fused-ring (bicyclic) bond motifs is 1. The summed E-state index contributed by atoms with van der Waals surface area (Å²) >= 11 is 0. The van der Waals surface area contributed by atoms with Gasteiger partial charge in [0.05, 0.1) is 0 Å². The highest BCUT2D eigenvalue weighted by molar-refractivity contribution is 5.88. The Morgan fingerprint density at radius 1 is 0.639 bits per heavy atom. The normalized spacial score (nSPS) is 11.9. The van der Waals surface area contributed by atoms with Gasteiger partial charge in [-0.2, -0.15) is 13.2 Å². The van der Waals surface area contributed by atoms with Gasteiger partial charge < -0.3 is 0 Å². The van der Waals surface area contributed by atoms with Crippen LogP contribution in [0.15, 0.2) is 66.7 Å². The van der Waals surface area contributed by atoms with Crippen LogP contribution >= 0.6 is 0 Å². The van der Waals surface area contributed by atoms with Gasteiger partial charge >= 0.3 is 6.18 Å². The molecule has 188 valence electrons. The number of hydrogen-bond donors (Lipinski definition) is 0. The van der Waals surface area contributed by atoms with E-state index in [0.717, 1.165) is 24.0 Å². The second kappa shape index (κ2) is 10.8. The molecule has 0 saturated carbocycles. The number of aryl methyl sites for hydroxylation is 3. The number of benzene rings is 4. The van der Waals surface area contributed by atoms with Crippen molar-refractivity contribution in [2.24, 2.45) is 0 Å². The monoisotopic (exact) mass is 500 g/mol. The van der Waals surface area contributed by atoms with Crippen LogP contribution in [0.1, 0.15) is 48.4 Å². The van der Waals surface area contributed by atoms with Gasteiger partial charge in [0.2, 0.25) is 0 Å². The van der Waals surface area contributed by atoms with Crippen LogP contribution in [0.5, 0.6) is 0 Å². The van der Waals surface area contributed by atoms with E-state index in [9.17, 15) is 22.0 Å². The fourth-order valence-electron chi connectivity index (χ4n) is 4.47. The molecule has 4 aromatic rings. The highest BCUT2D eigenvalue weighted by atomic mass is 19.4. The molecule has 0 aliphatic carbocycles. The lowest BCUT2D eigenvalue weighted by atomic mass is 9.96. The maximum atomic E-state index is 15.2. The molecular formula is C30H26F6. The average Bonchev–Trinajstić information content (AvgIpc) is 2.83. The van der Waals surface area contributed by atoms with Crippen molar-refractivity contribution in [3.05, 3.63) is 106 Å². The third-order valence-corrected chi connectivity index (χ3v) is 6.46. The molecule has 0 saturated heterocycles. The van der Waals surface area contributed by atoms with Crippen LogP contribution in [0.2, 0.25) is 0 Å². The van der Waals surface area contributed by atoms with Crippen LogP contribution in [0.25, 0.3) is 21.9 Å². The molecule has 0 radical (unpaired) electrons. The second-order valence-corrected chi connectivity index (χ2v) is 9.06. The SMILES string of the molecule is CCCCCc1ccc(-c2ccc3c(F)c(CCc4cc(F)c(C(F)(F)F)c(F)c4)ccc3c2)cc1. The lowest BCUT2D eigenvalue weighted by molar-refractivity contribution is -0.142. The van der Waals surface area contributed by atoms with Gasteiger partial charge in [-0.3, -0.25) is 0 Å². The summed E-state index contributed by atoms with van der Waals surface area (Å²) in [5, 5.41) is 1.13. The number of alkyl halides is 3. The van der Waals surface area contributed by atoms with Crippen LogP contribution in [-0.2, 0) is 25.4 Å². The topological polar surface area (TPSA) is 0 Å². The van der Waals surface area contributed by atoms with E-state index in [0.29, 0.717) is 28.5 Å². The van der Waals surface area contributed by atoms with Crippen molar-refractivity contribution in [3.8, 4) is 11.1 Å². The Morgan fingerprint density at radius 2 is 1.31 bits per heavy atom. The van der Waals surface area contributed by atoms with Crippen LogP contribution in [0.3, 0.4) is 0 Å². The van der Waals surface area contributed by atoms with Gasteiger partial charge in [0, 0.05) is 5.39 Å². The van der Waals surface area contributed by atoms with Gasteiger partial charge in [-0.1, -0.05) is 68.3 Å². The summed E-state index contributed by atoms with van der Waals surface area (Å²) in [5.74, 6) is -3.78. The minimum absolute atomic E-state index is 0.00288. The molecule has 0 spiro atoms. The zero-order valence-electron chi connectivity index (χ0n) is 19.9. The zero-order chi connectivity index (χ0) is 25.9. The van der Waals surface area contributed by atoms with Gasteiger partial charge in [0.15, 0.2) is 0 Å². The summed E-state index contributed by atoms with van der Waals surface area (Å²) < 4.78 is 81.2. The lowest BCUT2D eigenvalue weighted by Crippen LogP contribution is -2.12. The average molecular weight is 501 g/mol. The Bertz CT molecular complexity index is 1330. The first kappa shape index (κ1) is 25.8. The molecule has 0 aromatic heterocycles. The van der Waals surface area contributed by atoms with Crippen molar-refractivity contribution in [1.82, 2.24) is 0 Å². The molecule has 0 fully saturated rings. The van der Waals surface area contributed by atoms with Crippen molar-refractivity contribution in [2.75, 3.05) is 0 Å². The van der Waals surface area contributed by atoms with Gasteiger partial charge in [-0.25, -0.2) is 13.2 Å². The molecule has 0 unspecified atom stereocenters. The molecular weight excluding hydrogens is 474 g/mol. The third kappa shape index (κ3) is 5.75. The highest BCUT2D eigenvalue weighted by Crippen LogP contribution is 2.34. The smallest absolute Gasteiger partial charge is 0.206 e. The van der Waals surface area contributed by atoms with Gasteiger partial charge in [-0.15, -0.1) is 0 Å². The first-order valence-electron chi connectivity index (χ1n) is 12.0. The Balaban J connectivity index is 1.51. The second-order valence-electron chi connectivity index (χ2n) is 9.06. The van der Waals surface area contributed by atoms with Crippen molar-refractivity contribution >= 4 is 10.8 Å². The van der Waals surface area contributed by atoms with E-state index in [-0.39, 0.29) is 18.4 Å². The first-order valence-corrected chi connectivity index (χ1v) is 12.0. The number of halogens is 6. The zero-order valence-corrected chi connectivity index (χ0v) is 19.9. The largest absolute Gasteiger partial charge is 0.422 e. The van der Waals surface area contributed by atoms with E-state index in [1.54, 1.807) is 18.2 Å². The fourth-order valence-corrected chi connectivity index (χ4v) is 4.47. The number of unbranched alkanes of at least 4 members (excludes halogenated alkanes) is 2. The number of hydrogen-bond acceptors (Lipinski definition) is 0. The highest BCUT2D eigenvalue weighted by Gasteiger charge is 2.37. The van der Waals surface area contributed by atoms with Crippen molar-refractivity contribution < 1.29 is 26.3 Å². The summed E-state index contributed by atoms with van der Waals surface area (Å²) in [7, 11) is 0. The minimum atomic E-state index is -5.12. The molecule has 0 aliphatic rings. The van der Waals surface area contributed by atoms with Crippen molar-refractivity contribution in [2.45, 2.75) is 51.6 Å². The van der Waals surface area contributed by atoms with Crippen LogP contribution in [-0.4, -0.2) is 0 Å². The maximum absolute atomic E-state index is 15.2.